The van der Waals surface area contributed by atoms with Gasteiger partial charge in [0.25, 0.3) is 0 Å². The lowest BCUT2D eigenvalue weighted by Crippen LogP contribution is -2.01. The molecule has 27 heavy (non-hydrogen) atoms. The zero-order valence-corrected chi connectivity index (χ0v) is 14.3. The van der Waals surface area contributed by atoms with Gasteiger partial charge in [0.15, 0.2) is 6.61 Å². The van der Waals surface area contributed by atoms with E-state index in [0.717, 1.165) is 16.5 Å². The molecule has 3 heterocycles. The van der Waals surface area contributed by atoms with E-state index in [-0.39, 0.29) is 6.61 Å². The number of pyridine rings is 2. The van der Waals surface area contributed by atoms with Crippen molar-refractivity contribution in [2.24, 2.45) is 0 Å². The first-order chi connectivity index (χ1) is 13.3. The fourth-order valence-electron chi connectivity index (χ4n) is 3.06. The molecule has 0 fully saturated rings. The molecule has 4 rings (SSSR count). The first-order valence-corrected chi connectivity index (χ1v) is 8.30. The maximum Gasteiger partial charge on any atom is 0.174 e. The summed E-state index contributed by atoms with van der Waals surface area (Å²) in [6.07, 6.45) is 5.20. The molecule has 0 unspecified atom stereocenters. The van der Waals surface area contributed by atoms with Crippen molar-refractivity contribution in [1.29, 1.82) is 10.5 Å². The van der Waals surface area contributed by atoms with Gasteiger partial charge >= 0.3 is 0 Å². The molecule has 0 aliphatic rings. The van der Waals surface area contributed by atoms with Gasteiger partial charge in [-0.1, -0.05) is 24.3 Å². The summed E-state index contributed by atoms with van der Waals surface area (Å²) in [6, 6.07) is 17.4. The molecule has 3 aromatic heterocycles. The average Bonchev–Trinajstić information content (AvgIpc) is 3.05. The van der Waals surface area contributed by atoms with Gasteiger partial charge < -0.3 is 13.9 Å². The fraction of sp³-hybridized carbons (Fsp3) is 0.0952. The van der Waals surface area contributed by atoms with E-state index in [0.29, 0.717) is 29.2 Å². The van der Waals surface area contributed by atoms with Crippen molar-refractivity contribution in [3.63, 3.8) is 0 Å². The lowest BCUT2D eigenvalue weighted by molar-refractivity contribution is 0.303. The number of fused-ring (bicyclic) bond motifs is 3. The molecule has 0 atom stereocenters. The smallest absolute Gasteiger partial charge is 0.174 e. The summed E-state index contributed by atoms with van der Waals surface area (Å²) < 4.78 is 13.4. The van der Waals surface area contributed by atoms with Crippen molar-refractivity contribution < 1.29 is 9.47 Å². The second-order valence-electron chi connectivity index (χ2n) is 5.86. The van der Waals surface area contributed by atoms with Crippen LogP contribution in [0.5, 0.6) is 11.5 Å². The van der Waals surface area contributed by atoms with Crippen molar-refractivity contribution in [1.82, 2.24) is 9.38 Å². The predicted molar refractivity (Wildman–Crippen MR) is 99.3 cm³/mol. The van der Waals surface area contributed by atoms with E-state index in [1.54, 1.807) is 24.7 Å². The maximum atomic E-state index is 9.74. The number of benzene rings is 1. The molecule has 6 heteroatoms. The molecule has 4 aromatic rings. The van der Waals surface area contributed by atoms with Crippen molar-refractivity contribution in [2.75, 3.05) is 6.61 Å². The highest BCUT2D eigenvalue weighted by Crippen LogP contribution is 2.35. The SMILES string of the molecule is N#CCOc1cc(OCc2cccnc2)c2c(C#N)c3ccccc3n2c1. The Kier molecular flexibility index (Phi) is 4.30. The molecular weight excluding hydrogens is 340 g/mol. The Hall–Kier alpha value is -4.03. The Bertz CT molecular complexity index is 1200. The van der Waals surface area contributed by atoms with Crippen LogP contribution in [0.25, 0.3) is 16.4 Å². The van der Waals surface area contributed by atoms with Gasteiger partial charge in [-0.3, -0.25) is 4.98 Å². The average molecular weight is 354 g/mol. The standard InChI is InChI=1S/C21H14N4O2/c22-7-9-26-16-10-20(27-14-15-4-3-8-24-12-15)21-18(11-23)17-5-1-2-6-19(17)25(21)13-16/h1-6,8,10,12-13H,9,14H2. The van der Waals surface area contributed by atoms with Crippen LogP contribution in [-0.4, -0.2) is 16.0 Å². The predicted octanol–water partition coefficient (Wildman–Crippen LogP) is 3.84. The minimum atomic E-state index is -0.0716. The number of rotatable bonds is 5. The zero-order chi connectivity index (χ0) is 18.6. The number of aromatic nitrogens is 2. The van der Waals surface area contributed by atoms with Crippen molar-refractivity contribution in [2.45, 2.75) is 6.61 Å². The Labute approximate surface area is 155 Å². The van der Waals surface area contributed by atoms with E-state index in [1.807, 2.05) is 46.9 Å². The largest absolute Gasteiger partial charge is 0.486 e. The fourth-order valence-corrected chi connectivity index (χ4v) is 3.06. The van der Waals surface area contributed by atoms with Gasteiger partial charge in [-0.2, -0.15) is 10.5 Å². The van der Waals surface area contributed by atoms with Crippen molar-refractivity contribution >= 4 is 16.4 Å². The normalized spacial score (nSPS) is 10.4. The first-order valence-electron chi connectivity index (χ1n) is 8.30. The van der Waals surface area contributed by atoms with Crippen LogP contribution >= 0.6 is 0 Å². The minimum absolute atomic E-state index is 0.0716. The van der Waals surface area contributed by atoms with Gasteiger partial charge in [0.05, 0.1) is 17.3 Å². The molecule has 0 radical (unpaired) electrons. The van der Waals surface area contributed by atoms with Crippen molar-refractivity contribution in [3.05, 3.63) is 72.2 Å². The minimum Gasteiger partial charge on any atom is -0.486 e. The molecule has 0 aliphatic heterocycles. The van der Waals surface area contributed by atoms with Crippen LogP contribution in [0.1, 0.15) is 11.1 Å². The third-order valence-electron chi connectivity index (χ3n) is 4.21. The molecule has 1 aromatic carbocycles. The lowest BCUT2D eigenvalue weighted by atomic mass is 10.1. The molecule has 0 saturated heterocycles. The van der Waals surface area contributed by atoms with E-state index in [1.165, 1.54) is 0 Å². The van der Waals surface area contributed by atoms with Gasteiger partial charge in [0.2, 0.25) is 0 Å². The van der Waals surface area contributed by atoms with E-state index in [2.05, 4.69) is 11.1 Å². The van der Waals surface area contributed by atoms with Crippen LogP contribution in [0.4, 0.5) is 0 Å². The molecule has 0 amide bonds. The summed E-state index contributed by atoms with van der Waals surface area (Å²) in [6.45, 7) is 0.232. The van der Waals surface area contributed by atoms with Gasteiger partial charge in [0.1, 0.15) is 35.8 Å². The Balaban J connectivity index is 1.89. The van der Waals surface area contributed by atoms with Crippen molar-refractivity contribution in [3.8, 4) is 23.6 Å². The number of para-hydroxylation sites is 1. The molecule has 6 nitrogen and oxygen atoms in total. The molecule has 130 valence electrons. The Morgan fingerprint density at radius 2 is 1.96 bits per heavy atom. The van der Waals surface area contributed by atoms with E-state index in [4.69, 9.17) is 14.7 Å². The molecule has 0 bridgehead atoms. The van der Waals surface area contributed by atoms with Gasteiger partial charge in [0, 0.05) is 29.4 Å². The van der Waals surface area contributed by atoms with Crippen LogP contribution in [0.15, 0.2) is 61.1 Å². The third kappa shape index (κ3) is 3.01. The molecule has 0 N–H and O–H groups in total. The molecule has 0 aliphatic carbocycles. The van der Waals surface area contributed by atoms with Gasteiger partial charge in [-0.15, -0.1) is 0 Å². The highest BCUT2D eigenvalue weighted by atomic mass is 16.5. The summed E-state index contributed by atoms with van der Waals surface area (Å²) in [5.41, 5.74) is 3.00. The van der Waals surface area contributed by atoms with E-state index >= 15 is 0 Å². The topological polar surface area (TPSA) is 83.3 Å². The molecule has 0 spiro atoms. The number of nitriles is 2. The summed E-state index contributed by atoms with van der Waals surface area (Å²) in [4.78, 5) is 4.09. The summed E-state index contributed by atoms with van der Waals surface area (Å²) >= 11 is 0. The van der Waals surface area contributed by atoms with Gasteiger partial charge in [-0.05, 0) is 12.1 Å². The Morgan fingerprint density at radius 1 is 1.07 bits per heavy atom. The quantitative estimate of drug-likeness (QED) is 0.544. The van der Waals surface area contributed by atoms with Crippen LogP contribution in [0.3, 0.4) is 0 Å². The Morgan fingerprint density at radius 3 is 2.74 bits per heavy atom. The van der Waals surface area contributed by atoms with E-state index in [9.17, 15) is 5.26 Å². The van der Waals surface area contributed by atoms with Crippen LogP contribution in [0, 0.1) is 22.7 Å². The monoisotopic (exact) mass is 354 g/mol. The van der Waals surface area contributed by atoms with Gasteiger partial charge in [-0.25, -0.2) is 0 Å². The number of nitrogens with zero attached hydrogens (tertiary/aromatic N) is 4. The molecule has 0 saturated carbocycles. The lowest BCUT2D eigenvalue weighted by Gasteiger charge is -2.11. The number of hydrogen-bond acceptors (Lipinski definition) is 5. The number of hydrogen-bond donors (Lipinski definition) is 0. The molecular formula is C21H14N4O2. The van der Waals surface area contributed by atoms with Crippen LogP contribution < -0.4 is 9.47 Å². The zero-order valence-electron chi connectivity index (χ0n) is 14.3. The summed E-state index contributed by atoms with van der Waals surface area (Å²) in [7, 11) is 0. The second kappa shape index (κ2) is 7.07. The highest BCUT2D eigenvalue weighted by molar-refractivity contribution is 5.97. The summed E-state index contributed by atoms with van der Waals surface area (Å²) in [5.74, 6) is 1.01. The van der Waals surface area contributed by atoms with Crippen LogP contribution in [0.2, 0.25) is 0 Å². The highest BCUT2D eigenvalue weighted by Gasteiger charge is 2.17. The summed E-state index contributed by atoms with van der Waals surface area (Å²) in [5, 5.41) is 19.4. The second-order valence-corrected chi connectivity index (χ2v) is 5.86. The van der Waals surface area contributed by atoms with E-state index < -0.39 is 0 Å². The third-order valence-corrected chi connectivity index (χ3v) is 4.21. The number of ether oxygens (including phenoxy) is 2. The maximum absolute atomic E-state index is 9.74. The van der Waals surface area contributed by atoms with Crippen LogP contribution in [-0.2, 0) is 6.61 Å². The first kappa shape index (κ1) is 16.4.